The van der Waals surface area contributed by atoms with Crippen molar-refractivity contribution in [3.8, 4) is 0 Å². The van der Waals surface area contributed by atoms with Crippen LogP contribution in [-0.4, -0.2) is 22.7 Å². The van der Waals surface area contributed by atoms with Crippen LogP contribution in [0.1, 0.15) is 15.9 Å². The number of carboxylic acids is 1. The Hall–Kier alpha value is -0.870. The Kier molecular flexibility index (Phi) is 4.29. The third-order valence-corrected chi connectivity index (χ3v) is 2.77. The summed E-state index contributed by atoms with van der Waals surface area (Å²) in [6.07, 6.45) is 0.224. The highest BCUT2D eigenvalue weighted by Crippen LogP contribution is 2.19. The molecular formula is C10H8BrClO3. The van der Waals surface area contributed by atoms with E-state index in [9.17, 15) is 9.59 Å². The van der Waals surface area contributed by atoms with E-state index in [0.29, 0.717) is 4.47 Å². The number of rotatable bonds is 4. The lowest BCUT2D eigenvalue weighted by molar-refractivity contribution is -0.116. The van der Waals surface area contributed by atoms with E-state index in [-0.39, 0.29) is 23.6 Å². The van der Waals surface area contributed by atoms with Crippen LogP contribution in [0.2, 0.25) is 0 Å². The van der Waals surface area contributed by atoms with E-state index in [1.54, 1.807) is 12.1 Å². The molecule has 0 saturated heterocycles. The lowest BCUT2D eigenvalue weighted by Gasteiger charge is -2.02. The number of carbonyl (C=O) groups is 2. The summed E-state index contributed by atoms with van der Waals surface area (Å²) in [4.78, 5) is 21.7. The van der Waals surface area contributed by atoms with Crippen LogP contribution >= 0.6 is 27.5 Å². The second kappa shape index (κ2) is 5.28. The van der Waals surface area contributed by atoms with Crippen LogP contribution in [0, 0.1) is 0 Å². The van der Waals surface area contributed by atoms with Crippen LogP contribution in [-0.2, 0) is 11.2 Å². The van der Waals surface area contributed by atoms with Crippen molar-refractivity contribution in [2.24, 2.45) is 0 Å². The van der Waals surface area contributed by atoms with E-state index in [1.165, 1.54) is 6.07 Å². The molecule has 15 heavy (non-hydrogen) atoms. The lowest BCUT2D eigenvalue weighted by Crippen LogP contribution is -2.05. The normalized spacial score (nSPS) is 10.0. The van der Waals surface area contributed by atoms with Crippen molar-refractivity contribution in [1.82, 2.24) is 0 Å². The fraction of sp³-hybridized carbons (Fsp3) is 0.200. The summed E-state index contributed by atoms with van der Waals surface area (Å²) in [5, 5.41) is 8.77. The van der Waals surface area contributed by atoms with Crippen molar-refractivity contribution in [2.75, 3.05) is 5.88 Å². The molecule has 1 rings (SSSR count). The van der Waals surface area contributed by atoms with Crippen LogP contribution < -0.4 is 0 Å². The van der Waals surface area contributed by atoms with Gasteiger partial charge in [0.2, 0.25) is 0 Å². The Morgan fingerprint density at radius 1 is 1.40 bits per heavy atom. The van der Waals surface area contributed by atoms with E-state index < -0.39 is 5.97 Å². The quantitative estimate of drug-likeness (QED) is 0.867. The van der Waals surface area contributed by atoms with E-state index in [1.807, 2.05) is 0 Å². The summed E-state index contributed by atoms with van der Waals surface area (Å²) < 4.78 is 0.467. The molecule has 3 nitrogen and oxygen atoms in total. The maximum absolute atomic E-state index is 11.0. The summed E-state index contributed by atoms with van der Waals surface area (Å²) in [5.41, 5.74) is 0.926. The number of carbonyl (C=O) groups excluding carboxylic acids is 1. The number of hydrogen-bond donors (Lipinski definition) is 1. The molecule has 0 atom stereocenters. The number of carboxylic acid groups (broad SMARTS) is 1. The van der Waals surface area contributed by atoms with Gasteiger partial charge >= 0.3 is 5.97 Å². The third kappa shape index (κ3) is 3.32. The zero-order valence-corrected chi connectivity index (χ0v) is 10.0. The number of halogens is 2. The Morgan fingerprint density at radius 3 is 2.53 bits per heavy atom. The predicted octanol–water partition coefficient (Wildman–Crippen LogP) is 2.50. The number of aromatic carboxylic acids is 1. The molecule has 1 aromatic rings. The summed E-state index contributed by atoms with van der Waals surface area (Å²) >= 11 is 8.50. The Balaban J connectivity index is 2.91. The molecule has 1 aromatic carbocycles. The molecule has 0 aliphatic rings. The Bertz CT molecular complexity index is 404. The lowest BCUT2D eigenvalue weighted by atomic mass is 10.1. The van der Waals surface area contributed by atoms with Gasteiger partial charge in [-0.25, -0.2) is 4.79 Å². The highest BCUT2D eigenvalue weighted by Gasteiger charge is 2.09. The largest absolute Gasteiger partial charge is 0.478 e. The van der Waals surface area contributed by atoms with Crippen LogP contribution in [0.4, 0.5) is 0 Å². The molecule has 1 N–H and O–H groups in total. The van der Waals surface area contributed by atoms with Crippen molar-refractivity contribution in [3.05, 3.63) is 33.8 Å². The van der Waals surface area contributed by atoms with Crippen molar-refractivity contribution in [2.45, 2.75) is 6.42 Å². The zero-order valence-electron chi connectivity index (χ0n) is 7.67. The summed E-state index contributed by atoms with van der Waals surface area (Å²) in [6.45, 7) is 0. The fourth-order valence-corrected chi connectivity index (χ4v) is 1.81. The molecule has 5 heteroatoms. The zero-order chi connectivity index (χ0) is 11.4. The molecule has 0 saturated carbocycles. The maximum atomic E-state index is 11.0. The van der Waals surface area contributed by atoms with Gasteiger partial charge in [0, 0.05) is 10.9 Å². The van der Waals surface area contributed by atoms with Gasteiger partial charge in [-0.05, 0) is 33.6 Å². The van der Waals surface area contributed by atoms with Crippen LogP contribution in [0.5, 0.6) is 0 Å². The van der Waals surface area contributed by atoms with Crippen LogP contribution in [0.25, 0.3) is 0 Å². The number of ketones is 1. The maximum Gasteiger partial charge on any atom is 0.336 e. The van der Waals surface area contributed by atoms with Gasteiger partial charge < -0.3 is 5.11 Å². The molecule has 0 aliphatic heterocycles. The summed E-state index contributed by atoms with van der Waals surface area (Å²) in [5.74, 6) is -1.12. The van der Waals surface area contributed by atoms with E-state index >= 15 is 0 Å². The number of Topliss-reactive ketones (excluding diaryl/α,β-unsaturated/α-hetero) is 1. The van der Waals surface area contributed by atoms with Crippen molar-refractivity contribution < 1.29 is 14.7 Å². The highest BCUT2D eigenvalue weighted by atomic mass is 79.9. The molecule has 0 heterocycles. The standard InChI is InChI=1S/C10H8BrClO3/c11-9-4-6(3-7(13)5-12)1-2-8(9)10(14)15/h1-2,4H,3,5H2,(H,14,15). The fourth-order valence-electron chi connectivity index (χ4n) is 1.12. The molecule has 0 unspecified atom stereocenters. The topological polar surface area (TPSA) is 54.4 Å². The van der Waals surface area contributed by atoms with Gasteiger partial charge in [-0.3, -0.25) is 4.79 Å². The van der Waals surface area contributed by atoms with Gasteiger partial charge in [0.15, 0.2) is 5.78 Å². The number of hydrogen-bond acceptors (Lipinski definition) is 2. The molecule has 0 amide bonds. The smallest absolute Gasteiger partial charge is 0.336 e. The Labute approximate surface area is 100 Å². The van der Waals surface area contributed by atoms with Crippen molar-refractivity contribution >= 4 is 39.3 Å². The average Bonchev–Trinajstić information content (AvgIpc) is 2.17. The molecule has 0 spiro atoms. The van der Waals surface area contributed by atoms with Crippen molar-refractivity contribution in [3.63, 3.8) is 0 Å². The summed E-state index contributed by atoms with van der Waals surface area (Å²) in [6, 6.07) is 4.69. The SMILES string of the molecule is O=C(CCl)Cc1ccc(C(=O)O)c(Br)c1. The van der Waals surface area contributed by atoms with E-state index in [4.69, 9.17) is 16.7 Å². The van der Waals surface area contributed by atoms with Gasteiger partial charge in [0.25, 0.3) is 0 Å². The minimum Gasteiger partial charge on any atom is -0.478 e. The minimum atomic E-state index is -1.00. The molecule has 0 fully saturated rings. The second-order valence-electron chi connectivity index (χ2n) is 2.97. The first-order valence-electron chi connectivity index (χ1n) is 4.14. The van der Waals surface area contributed by atoms with E-state index in [0.717, 1.165) is 5.56 Å². The monoisotopic (exact) mass is 290 g/mol. The third-order valence-electron chi connectivity index (χ3n) is 1.81. The van der Waals surface area contributed by atoms with Gasteiger partial charge in [-0.15, -0.1) is 11.6 Å². The molecular weight excluding hydrogens is 283 g/mol. The first-order valence-corrected chi connectivity index (χ1v) is 5.46. The summed E-state index contributed by atoms with van der Waals surface area (Å²) in [7, 11) is 0. The molecule has 0 radical (unpaired) electrons. The van der Waals surface area contributed by atoms with Crippen LogP contribution in [0.15, 0.2) is 22.7 Å². The molecule has 0 aliphatic carbocycles. The van der Waals surface area contributed by atoms with Gasteiger partial charge in [0.05, 0.1) is 11.4 Å². The molecule has 0 bridgehead atoms. The Morgan fingerprint density at radius 2 is 2.07 bits per heavy atom. The van der Waals surface area contributed by atoms with E-state index in [2.05, 4.69) is 15.9 Å². The van der Waals surface area contributed by atoms with Gasteiger partial charge in [-0.2, -0.15) is 0 Å². The average molecular weight is 292 g/mol. The second-order valence-corrected chi connectivity index (χ2v) is 4.09. The van der Waals surface area contributed by atoms with Crippen LogP contribution in [0.3, 0.4) is 0 Å². The van der Waals surface area contributed by atoms with Gasteiger partial charge in [0.1, 0.15) is 0 Å². The highest BCUT2D eigenvalue weighted by molar-refractivity contribution is 9.10. The predicted molar refractivity (Wildman–Crippen MR) is 60.5 cm³/mol. The van der Waals surface area contributed by atoms with Gasteiger partial charge in [-0.1, -0.05) is 6.07 Å². The molecule has 0 aromatic heterocycles. The number of alkyl halides is 1. The first kappa shape index (κ1) is 12.2. The van der Waals surface area contributed by atoms with Crippen molar-refractivity contribution in [1.29, 1.82) is 0 Å². The first-order chi connectivity index (χ1) is 7.04. The number of benzene rings is 1. The molecule has 80 valence electrons. The minimum absolute atomic E-state index is 0.0295.